The van der Waals surface area contributed by atoms with Crippen LogP contribution in [0.25, 0.3) is 10.9 Å². The molecule has 0 fully saturated rings. The molecule has 0 aliphatic heterocycles. The van der Waals surface area contributed by atoms with Crippen molar-refractivity contribution in [1.29, 1.82) is 0 Å². The Kier molecular flexibility index (Phi) is 4.97. The molecule has 1 N–H and O–H groups in total. The van der Waals surface area contributed by atoms with Gasteiger partial charge < -0.3 is 14.2 Å². The zero-order valence-electron chi connectivity index (χ0n) is 14.7. The number of hydrogen-bond acceptors (Lipinski definition) is 4. The van der Waals surface area contributed by atoms with Gasteiger partial charge in [-0.3, -0.25) is 9.59 Å². The Morgan fingerprint density at radius 1 is 1.15 bits per heavy atom. The molecule has 0 unspecified atom stereocenters. The monoisotopic (exact) mass is 352 g/mol. The van der Waals surface area contributed by atoms with E-state index in [0.29, 0.717) is 12.5 Å². The lowest BCUT2D eigenvalue weighted by Crippen LogP contribution is -2.21. The van der Waals surface area contributed by atoms with Crippen LogP contribution < -0.4 is 5.56 Å². The summed E-state index contributed by atoms with van der Waals surface area (Å²) in [6.07, 6.45) is 1.52. The number of aromatic nitrogens is 2. The number of amides is 1. The molecule has 0 aliphatic rings. The molecule has 26 heavy (non-hydrogen) atoms. The van der Waals surface area contributed by atoms with Crippen LogP contribution in [-0.4, -0.2) is 20.1 Å². The summed E-state index contributed by atoms with van der Waals surface area (Å²) in [7, 11) is 0. The van der Waals surface area contributed by atoms with Crippen molar-refractivity contribution in [2.75, 3.05) is 0 Å². The third-order valence-corrected chi connectivity index (χ3v) is 3.93. The van der Waals surface area contributed by atoms with E-state index in [0.717, 1.165) is 10.9 Å². The number of carbonyl (C=O) groups is 1. The smallest absolute Gasteiger partial charge is 0.284 e. The zero-order chi connectivity index (χ0) is 18.7. The van der Waals surface area contributed by atoms with Crippen molar-refractivity contribution in [2.24, 2.45) is 16.1 Å². The molecule has 0 atom stereocenters. The van der Waals surface area contributed by atoms with Gasteiger partial charge in [0.25, 0.3) is 11.5 Å². The van der Waals surface area contributed by atoms with E-state index in [1.807, 2.05) is 24.3 Å². The standard InChI is InChI=1S/C19H20N4O3/c1-13(2)11-23-15-8-4-3-7-14(15)18(19(23)26)21-20-16(24)12-22-10-6-5-9-17(22)25/h3-10,13,26H,11-12H2,1-2H3. The van der Waals surface area contributed by atoms with Gasteiger partial charge in [0.2, 0.25) is 5.88 Å². The number of para-hydroxylation sites is 1. The summed E-state index contributed by atoms with van der Waals surface area (Å²) < 4.78 is 3.02. The Morgan fingerprint density at radius 3 is 2.62 bits per heavy atom. The number of carbonyl (C=O) groups excluding carboxylic acids is 1. The zero-order valence-corrected chi connectivity index (χ0v) is 14.7. The number of rotatable bonds is 5. The van der Waals surface area contributed by atoms with Crippen molar-refractivity contribution in [3.8, 4) is 5.88 Å². The van der Waals surface area contributed by atoms with Gasteiger partial charge in [0.15, 0.2) is 5.69 Å². The van der Waals surface area contributed by atoms with Crippen molar-refractivity contribution >= 4 is 22.5 Å². The number of nitrogens with zero attached hydrogens (tertiary/aromatic N) is 4. The van der Waals surface area contributed by atoms with E-state index in [2.05, 4.69) is 24.1 Å². The number of pyridine rings is 1. The molecule has 0 saturated carbocycles. The molecule has 7 heteroatoms. The molecule has 3 rings (SSSR count). The lowest BCUT2D eigenvalue weighted by Gasteiger charge is -2.09. The third kappa shape index (κ3) is 3.56. The first kappa shape index (κ1) is 17.6. The fraction of sp³-hybridized carbons (Fsp3) is 0.263. The third-order valence-electron chi connectivity index (χ3n) is 3.93. The first-order valence-electron chi connectivity index (χ1n) is 8.37. The minimum Gasteiger partial charge on any atom is -0.493 e. The Balaban J connectivity index is 1.92. The van der Waals surface area contributed by atoms with Gasteiger partial charge in [-0.15, -0.1) is 10.2 Å². The van der Waals surface area contributed by atoms with Gasteiger partial charge in [-0.1, -0.05) is 38.1 Å². The van der Waals surface area contributed by atoms with Crippen LogP contribution in [0, 0.1) is 5.92 Å². The summed E-state index contributed by atoms with van der Waals surface area (Å²) in [6, 6.07) is 12.1. The maximum Gasteiger partial charge on any atom is 0.284 e. The van der Waals surface area contributed by atoms with Crippen LogP contribution in [0.2, 0.25) is 0 Å². The predicted molar refractivity (Wildman–Crippen MR) is 98.7 cm³/mol. The van der Waals surface area contributed by atoms with Gasteiger partial charge in [0, 0.05) is 24.2 Å². The Bertz CT molecular complexity index is 1030. The van der Waals surface area contributed by atoms with Crippen molar-refractivity contribution < 1.29 is 9.90 Å². The van der Waals surface area contributed by atoms with Crippen LogP contribution in [0.5, 0.6) is 5.88 Å². The average Bonchev–Trinajstić information content (AvgIpc) is 2.87. The van der Waals surface area contributed by atoms with Gasteiger partial charge in [-0.05, 0) is 18.1 Å². The summed E-state index contributed by atoms with van der Waals surface area (Å²) in [5.41, 5.74) is 0.807. The minimum atomic E-state index is -0.571. The molecule has 0 aliphatic carbocycles. The number of fused-ring (bicyclic) bond motifs is 1. The summed E-state index contributed by atoms with van der Waals surface area (Å²) >= 11 is 0. The Hall–Kier alpha value is -3.22. The molecule has 0 saturated heterocycles. The highest BCUT2D eigenvalue weighted by atomic mass is 16.3. The first-order chi connectivity index (χ1) is 12.5. The van der Waals surface area contributed by atoms with Crippen molar-refractivity contribution in [2.45, 2.75) is 26.9 Å². The highest BCUT2D eigenvalue weighted by molar-refractivity contribution is 5.95. The maximum atomic E-state index is 12.1. The highest BCUT2D eigenvalue weighted by Crippen LogP contribution is 2.39. The second kappa shape index (κ2) is 7.35. The van der Waals surface area contributed by atoms with E-state index in [-0.39, 0.29) is 23.7 Å². The summed E-state index contributed by atoms with van der Waals surface area (Å²) in [5, 5.41) is 18.9. The lowest BCUT2D eigenvalue weighted by molar-refractivity contribution is -0.118. The molecule has 2 aromatic heterocycles. The maximum absolute atomic E-state index is 12.1. The van der Waals surface area contributed by atoms with Crippen molar-refractivity contribution in [3.05, 3.63) is 59.0 Å². The van der Waals surface area contributed by atoms with Crippen LogP contribution in [0.1, 0.15) is 13.8 Å². The lowest BCUT2D eigenvalue weighted by atomic mass is 10.2. The van der Waals surface area contributed by atoms with Crippen LogP contribution in [0.15, 0.2) is 63.7 Å². The second-order valence-corrected chi connectivity index (χ2v) is 6.45. The normalized spacial score (nSPS) is 11.7. The van der Waals surface area contributed by atoms with E-state index in [4.69, 9.17) is 0 Å². The van der Waals surface area contributed by atoms with Crippen molar-refractivity contribution in [3.63, 3.8) is 0 Å². The number of azo groups is 1. The molecule has 7 nitrogen and oxygen atoms in total. The fourth-order valence-electron chi connectivity index (χ4n) is 2.79. The first-order valence-corrected chi connectivity index (χ1v) is 8.37. The topological polar surface area (TPSA) is 88.9 Å². The molecular formula is C19H20N4O3. The molecule has 3 aromatic rings. The number of hydrogen-bond donors (Lipinski definition) is 1. The Labute approximate surface area is 150 Å². The largest absolute Gasteiger partial charge is 0.493 e. The second-order valence-electron chi connectivity index (χ2n) is 6.45. The van der Waals surface area contributed by atoms with Gasteiger partial charge in [-0.2, -0.15) is 0 Å². The SMILES string of the molecule is CC(C)Cn1c(O)c(N=NC(=O)Cn2ccccc2=O)c2ccccc21. The van der Waals surface area contributed by atoms with E-state index in [9.17, 15) is 14.7 Å². The highest BCUT2D eigenvalue weighted by Gasteiger charge is 2.17. The number of aromatic hydroxyl groups is 1. The van der Waals surface area contributed by atoms with Gasteiger partial charge in [0.05, 0.1) is 5.52 Å². The molecule has 1 aromatic carbocycles. The van der Waals surface area contributed by atoms with Crippen LogP contribution in [0.4, 0.5) is 5.69 Å². The quantitative estimate of drug-likeness (QED) is 0.713. The molecular weight excluding hydrogens is 332 g/mol. The predicted octanol–water partition coefficient (Wildman–Crippen LogP) is 3.48. The summed E-state index contributed by atoms with van der Waals surface area (Å²) in [5.74, 6) is -0.264. The van der Waals surface area contributed by atoms with Gasteiger partial charge in [-0.25, -0.2) is 0 Å². The Morgan fingerprint density at radius 2 is 1.88 bits per heavy atom. The van der Waals surface area contributed by atoms with Gasteiger partial charge in [0.1, 0.15) is 6.54 Å². The van der Waals surface area contributed by atoms with Crippen LogP contribution >= 0.6 is 0 Å². The molecule has 134 valence electrons. The van der Waals surface area contributed by atoms with Crippen molar-refractivity contribution in [1.82, 2.24) is 9.13 Å². The minimum absolute atomic E-state index is 0.0201. The van der Waals surface area contributed by atoms with E-state index in [1.165, 1.54) is 16.8 Å². The molecule has 1 amide bonds. The molecule has 0 radical (unpaired) electrons. The molecule has 0 spiro atoms. The van der Waals surface area contributed by atoms with E-state index >= 15 is 0 Å². The summed E-state index contributed by atoms with van der Waals surface area (Å²) in [4.78, 5) is 23.7. The van der Waals surface area contributed by atoms with Crippen LogP contribution in [-0.2, 0) is 17.9 Å². The van der Waals surface area contributed by atoms with E-state index < -0.39 is 5.91 Å². The van der Waals surface area contributed by atoms with Crippen LogP contribution in [0.3, 0.4) is 0 Å². The molecule has 2 heterocycles. The number of benzene rings is 1. The van der Waals surface area contributed by atoms with E-state index in [1.54, 1.807) is 16.7 Å². The fourth-order valence-corrected chi connectivity index (χ4v) is 2.79. The van der Waals surface area contributed by atoms with Gasteiger partial charge >= 0.3 is 0 Å². The molecule has 0 bridgehead atoms. The summed E-state index contributed by atoms with van der Waals surface area (Å²) in [6.45, 7) is 4.52. The average molecular weight is 352 g/mol.